The van der Waals surface area contributed by atoms with Crippen LogP contribution in [0.5, 0.6) is 0 Å². The highest BCUT2D eigenvalue weighted by molar-refractivity contribution is 6.08. The normalized spacial score (nSPS) is 15.4. The molecule has 0 unspecified atom stereocenters. The first kappa shape index (κ1) is 32.8. The van der Waals surface area contributed by atoms with Gasteiger partial charge in [-0.3, -0.25) is 0 Å². The van der Waals surface area contributed by atoms with E-state index in [2.05, 4.69) is 189 Å². The fraction of sp³-hybridized carbons (Fsp3) is 0.280. The maximum Gasteiger partial charge on any atom is 0.139 e. The van der Waals surface area contributed by atoms with Crippen molar-refractivity contribution < 1.29 is 4.42 Å². The minimum Gasteiger partial charge on any atom is -0.456 e. The highest BCUT2D eigenvalue weighted by Crippen LogP contribution is 2.53. The maximum absolute atomic E-state index is 6.91. The van der Waals surface area contributed by atoms with Crippen LogP contribution in [0.3, 0.4) is 0 Å². The van der Waals surface area contributed by atoms with E-state index in [1.807, 2.05) is 0 Å². The van der Waals surface area contributed by atoms with Crippen molar-refractivity contribution in [3.05, 3.63) is 149 Å². The van der Waals surface area contributed by atoms with Crippen LogP contribution in [0.15, 0.2) is 120 Å². The van der Waals surface area contributed by atoms with Crippen molar-refractivity contribution >= 4 is 39.0 Å². The number of fused-ring (bicyclic) bond motifs is 9. The minimum absolute atomic E-state index is 0.0241. The van der Waals surface area contributed by atoms with Crippen LogP contribution >= 0.6 is 0 Å². The van der Waals surface area contributed by atoms with E-state index in [0.717, 1.165) is 33.6 Å². The van der Waals surface area contributed by atoms with Crippen LogP contribution in [0.25, 0.3) is 44.2 Å². The fourth-order valence-corrected chi connectivity index (χ4v) is 9.12. The zero-order valence-electron chi connectivity index (χ0n) is 32.3. The molecule has 9 rings (SSSR count). The van der Waals surface area contributed by atoms with Gasteiger partial charge in [-0.25, -0.2) is 0 Å². The summed E-state index contributed by atoms with van der Waals surface area (Å²) in [4.78, 5) is 2.44. The lowest BCUT2D eigenvalue weighted by molar-refractivity contribution is 0.559. The second-order valence-corrected chi connectivity index (χ2v) is 18.3. The van der Waals surface area contributed by atoms with Crippen molar-refractivity contribution in [1.82, 2.24) is 0 Å². The lowest BCUT2D eigenvalue weighted by atomic mass is 9.79. The number of rotatable bonds is 3. The SMILES string of the molecule is CC(C)(C)c1cc(C(C)(C)C)c2oc3cc(N(c4ccc5c(c4)-c4ccccc4C5(C)C)c4ccc5c(c4)C(C)(C)c4ccccc4-5)ccc3c2c1. The van der Waals surface area contributed by atoms with Gasteiger partial charge in [0.1, 0.15) is 11.2 Å². The molecule has 0 N–H and O–H groups in total. The molecule has 2 nitrogen and oxygen atoms in total. The summed E-state index contributed by atoms with van der Waals surface area (Å²) in [5.41, 5.74) is 18.5. The highest BCUT2D eigenvalue weighted by Gasteiger charge is 2.37. The molecule has 2 aliphatic carbocycles. The third kappa shape index (κ3) is 4.69. The van der Waals surface area contributed by atoms with Crippen LogP contribution in [0.1, 0.15) is 103 Å². The fourth-order valence-electron chi connectivity index (χ4n) is 9.12. The van der Waals surface area contributed by atoms with Gasteiger partial charge in [-0.2, -0.15) is 0 Å². The van der Waals surface area contributed by atoms with Crippen LogP contribution in [0.2, 0.25) is 0 Å². The molecule has 0 fully saturated rings. The molecule has 7 aromatic rings. The summed E-state index contributed by atoms with van der Waals surface area (Å²) >= 11 is 0. The van der Waals surface area contributed by atoms with Crippen LogP contribution in [-0.4, -0.2) is 0 Å². The van der Waals surface area contributed by atoms with E-state index in [1.54, 1.807) is 0 Å². The van der Waals surface area contributed by atoms with Crippen molar-refractivity contribution in [3.8, 4) is 22.3 Å². The Morgan fingerprint density at radius 2 is 1.00 bits per heavy atom. The molecule has 0 saturated heterocycles. The Morgan fingerprint density at radius 3 is 1.67 bits per heavy atom. The topological polar surface area (TPSA) is 16.4 Å². The van der Waals surface area contributed by atoms with Crippen LogP contribution in [0, 0.1) is 0 Å². The first-order valence-electron chi connectivity index (χ1n) is 18.9. The Labute approximate surface area is 309 Å². The molecule has 1 aromatic heterocycles. The molecule has 6 aromatic carbocycles. The predicted molar refractivity (Wildman–Crippen MR) is 221 cm³/mol. The first-order valence-corrected chi connectivity index (χ1v) is 18.9. The number of hydrogen-bond acceptors (Lipinski definition) is 2. The number of nitrogens with zero attached hydrogens (tertiary/aromatic N) is 1. The summed E-state index contributed by atoms with van der Waals surface area (Å²) < 4.78 is 6.91. The molecule has 2 aliphatic rings. The van der Waals surface area contributed by atoms with Crippen molar-refractivity contribution in [1.29, 1.82) is 0 Å². The van der Waals surface area contributed by atoms with Gasteiger partial charge in [0, 0.05) is 50.3 Å². The average molecular weight is 680 g/mol. The molecule has 52 heavy (non-hydrogen) atoms. The summed E-state index contributed by atoms with van der Waals surface area (Å²) in [6.07, 6.45) is 0. The van der Waals surface area contributed by atoms with E-state index in [0.29, 0.717) is 0 Å². The Bertz CT molecular complexity index is 2600. The average Bonchev–Trinajstić information content (AvgIpc) is 3.66. The Kier molecular flexibility index (Phi) is 6.77. The molecule has 0 bridgehead atoms. The summed E-state index contributed by atoms with van der Waals surface area (Å²) in [7, 11) is 0. The number of furan rings is 1. The minimum atomic E-state index is -0.106. The van der Waals surface area contributed by atoms with Crippen molar-refractivity contribution in [3.63, 3.8) is 0 Å². The molecule has 260 valence electrons. The smallest absolute Gasteiger partial charge is 0.139 e. The summed E-state index contributed by atoms with van der Waals surface area (Å²) in [6, 6.07) is 43.5. The van der Waals surface area contributed by atoms with Crippen LogP contribution in [-0.2, 0) is 21.7 Å². The van der Waals surface area contributed by atoms with Gasteiger partial charge in [-0.1, -0.05) is 136 Å². The molecule has 0 atom stereocenters. The molecule has 2 heteroatoms. The Hall–Kier alpha value is -5.08. The van der Waals surface area contributed by atoms with Crippen molar-refractivity contribution in [2.75, 3.05) is 4.90 Å². The molecule has 0 saturated carbocycles. The van der Waals surface area contributed by atoms with E-state index in [-0.39, 0.29) is 21.7 Å². The number of benzene rings is 6. The molecule has 0 radical (unpaired) electrons. The molecule has 0 spiro atoms. The lowest BCUT2D eigenvalue weighted by Crippen LogP contribution is -2.17. The van der Waals surface area contributed by atoms with Gasteiger partial charge < -0.3 is 9.32 Å². The van der Waals surface area contributed by atoms with E-state index >= 15 is 0 Å². The highest BCUT2D eigenvalue weighted by atomic mass is 16.3. The second kappa shape index (κ2) is 10.7. The third-order valence-electron chi connectivity index (χ3n) is 12.1. The molecular formula is C50H49NO. The standard InChI is InChI=1S/C50H49NO/c1-47(2,3)30-25-39-37-23-20-33(29-45(37)52-46(39)44(26-30)48(4,5)6)51(31-21-24-42-38(27-31)35-16-12-14-18-41(35)49(42,7)8)32-19-22-36-34-15-11-13-17-40(34)50(9,10)43(36)28-32/h11-29H,1-10H3. The van der Waals surface area contributed by atoms with Crippen LogP contribution in [0.4, 0.5) is 17.1 Å². The molecule has 0 aliphatic heterocycles. The molecular weight excluding hydrogens is 631 g/mol. The lowest BCUT2D eigenvalue weighted by Gasteiger charge is -2.29. The Morgan fingerprint density at radius 1 is 0.462 bits per heavy atom. The largest absolute Gasteiger partial charge is 0.456 e. The monoisotopic (exact) mass is 679 g/mol. The van der Waals surface area contributed by atoms with E-state index in [1.165, 1.54) is 61.0 Å². The van der Waals surface area contributed by atoms with E-state index < -0.39 is 0 Å². The number of hydrogen-bond donors (Lipinski definition) is 0. The van der Waals surface area contributed by atoms with E-state index in [9.17, 15) is 0 Å². The van der Waals surface area contributed by atoms with Gasteiger partial charge >= 0.3 is 0 Å². The predicted octanol–water partition coefficient (Wildman–Crippen LogP) is 14.3. The second-order valence-electron chi connectivity index (χ2n) is 18.3. The van der Waals surface area contributed by atoms with Crippen molar-refractivity contribution in [2.24, 2.45) is 0 Å². The van der Waals surface area contributed by atoms with Gasteiger partial charge in [0.05, 0.1) is 0 Å². The van der Waals surface area contributed by atoms with Gasteiger partial charge in [0.2, 0.25) is 0 Å². The zero-order chi connectivity index (χ0) is 36.5. The Balaban J connectivity index is 1.28. The third-order valence-corrected chi connectivity index (χ3v) is 12.1. The van der Waals surface area contributed by atoms with E-state index in [4.69, 9.17) is 4.42 Å². The van der Waals surface area contributed by atoms with Gasteiger partial charge in [0.15, 0.2) is 0 Å². The maximum atomic E-state index is 6.91. The quantitative estimate of drug-likeness (QED) is 0.185. The van der Waals surface area contributed by atoms with Gasteiger partial charge in [-0.05, 0) is 103 Å². The van der Waals surface area contributed by atoms with Crippen molar-refractivity contribution in [2.45, 2.75) is 90.9 Å². The molecule has 0 amide bonds. The zero-order valence-corrected chi connectivity index (χ0v) is 32.3. The molecule has 1 heterocycles. The van der Waals surface area contributed by atoms with Gasteiger partial charge in [-0.15, -0.1) is 0 Å². The number of anilines is 3. The summed E-state index contributed by atoms with van der Waals surface area (Å²) in [6.45, 7) is 23.2. The summed E-state index contributed by atoms with van der Waals surface area (Å²) in [5.74, 6) is 0. The first-order chi connectivity index (χ1) is 24.5. The van der Waals surface area contributed by atoms with Gasteiger partial charge in [0.25, 0.3) is 0 Å². The summed E-state index contributed by atoms with van der Waals surface area (Å²) in [5, 5.41) is 2.35. The van der Waals surface area contributed by atoms with Crippen LogP contribution < -0.4 is 4.90 Å².